The molecule has 0 radical (unpaired) electrons. The number of nitrogen functional groups attached to an aromatic ring is 1. The highest BCUT2D eigenvalue weighted by molar-refractivity contribution is 6.34. The van der Waals surface area contributed by atoms with Crippen molar-refractivity contribution in [1.82, 2.24) is 9.80 Å². The lowest BCUT2D eigenvalue weighted by Gasteiger charge is -2.32. The van der Waals surface area contributed by atoms with Crippen molar-refractivity contribution in [2.24, 2.45) is 0 Å². The van der Waals surface area contributed by atoms with Crippen molar-refractivity contribution in [2.75, 3.05) is 45.1 Å². The van der Waals surface area contributed by atoms with Crippen LogP contribution in [-0.4, -0.2) is 61.1 Å². The molecule has 114 valence electrons. The molecule has 1 atom stereocenters. The van der Waals surface area contributed by atoms with Gasteiger partial charge in [-0.25, -0.2) is 0 Å². The van der Waals surface area contributed by atoms with Crippen LogP contribution in [0.15, 0.2) is 18.2 Å². The van der Waals surface area contributed by atoms with Crippen molar-refractivity contribution in [3.05, 3.63) is 28.8 Å². The van der Waals surface area contributed by atoms with Gasteiger partial charge in [0, 0.05) is 37.9 Å². The number of morpholine rings is 1. The van der Waals surface area contributed by atoms with Crippen LogP contribution in [0.25, 0.3) is 0 Å². The fourth-order valence-electron chi connectivity index (χ4n) is 3.09. The number of likely N-dealkylation sites (tertiary alicyclic amines) is 1. The number of halogens is 1. The standard InChI is InChI=1S/C15H20ClN3O2/c16-12-2-1-3-13(17)14(12)15(20)19-5-4-11(10-19)18-6-8-21-9-7-18/h1-3,11H,4-10,17H2. The molecule has 0 aromatic heterocycles. The maximum Gasteiger partial charge on any atom is 0.257 e. The average Bonchev–Trinajstić information content (AvgIpc) is 2.97. The van der Waals surface area contributed by atoms with E-state index in [4.69, 9.17) is 22.1 Å². The Morgan fingerprint density at radius 2 is 2.05 bits per heavy atom. The maximum absolute atomic E-state index is 12.6. The van der Waals surface area contributed by atoms with Gasteiger partial charge in [-0.15, -0.1) is 0 Å². The predicted molar refractivity (Wildman–Crippen MR) is 82.6 cm³/mol. The highest BCUT2D eigenvalue weighted by Crippen LogP contribution is 2.26. The van der Waals surface area contributed by atoms with Gasteiger partial charge in [0.05, 0.1) is 23.8 Å². The molecule has 5 nitrogen and oxygen atoms in total. The topological polar surface area (TPSA) is 58.8 Å². The van der Waals surface area contributed by atoms with Crippen molar-refractivity contribution in [2.45, 2.75) is 12.5 Å². The molecule has 0 saturated carbocycles. The fourth-order valence-corrected chi connectivity index (χ4v) is 3.35. The van der Waals surface area contributed by atoms with Crippen molar-refractivity contribution in [1.29, 1.82) is 0 Å². The molecule has 2 fully saturated rings. The number of benzene rings is 1. The molecule has 21 heavy (non-hydrogen) atoms. The highest BCUT2D eigenvalue weighted by Gasteiger charge is 2.32. The minimum absolute atomic E-state index is 0.0612. The number of anilines is 1. The van der Waals surface area contributed by atoms with Crippen LogP contribution in [0.2, 0.25) is 5.02 Å². The van der Waals surface area contributed by atoms with Crippen LogP contribution >= 0.6 is 11.6 Å². The number of ether oxygens (including phenoxy) is 1. The minimum Gasteiger partial charge on any atom is -0.398 e. The second-order valence-electron chi connectivity index (χ2n) is 5.55. The number of nitrogens with two attached hydrogens (primary N) is 1. The summed E-state index contributed by atoms with van der Waals surface area (Å²) in [5.41, 5.74) is 6.79. The number of nitrogens with zero attached hydrogens (tertiary/aromatic N) is 2. The van der Waals surface area contributed by atoms with Crippen molar-refractivity contribution < 1.29 is 9.53 Å². The van der Waals surface area contributed by atoms with E-state index in [9.17, 15) is 4.79 Å². The summed E-state index contributed by atoms with van der Waals surface area (Å²) < 4.78 is 5.38. The molecular formula is C15H20ClN3O2. The highest BCUT2D eigenvalue weighted by atomic mass is 35.5. The Morgan fingerprint density at radius 3 is 2.76 bits per heavy atom. The van der Waals surface area contributed by atoms with E-state index in [1.54, 1.807) is 18.2 Å². The third-order valence-electron chi connectivity index (χ3n) is 4.27. The molecule has 1 aromatic rings. The van der Waals surface area contributed by atoms with Crippen LogP contribution in [0.4, 0.5) is 5.69 Å². The van der Waals surface area contributed by atoms with Crippen LogP contribution in [0.5, 0.6) is 0 Å². The van der Waals surface area contributed by atoms with E-state index in [0.717, 1.165) is 45.8 Å². The van der Waals surface area contributed by atoms with Crippen LogP contribution < -0.4 is 5.73 Å². The van der Waals surface area contributed by atoms with Gasteiger partial charge in [-0.1, -0.05) is 17.7 Å². The quantitative estimate of drug-likeness (QED) is 0.841. The first-order valence-corrected chi connectivity index (χ1v) is 7.69. The zero-order valence-electron chi connectivity index (χ0n) is 11.9. The number of hydrogen-bond acceptors (Lipinski definition) is 4. The largest absolute Gasteiger partial charge is 0.398 e. The first kappa shape index (κ1) is 14.6. The number of amides is 1. The molecule has 1 aromatic carbocycles. The molecule has 2 aliphatic heterocycles. The van der Waals surface area contributed by atoms with E-state index in [1.807, 2.05) is 4.90 Å². The van der Waals surface area contributed by atoms with Crippen LogP contribution in [-0.2, 0) is 4.74 Å². The second-order valence-corrected chi connectivity index (χ2v) is 5.95. The van der Waals surface area contributed by atoms with Gasteiger partial charge in [-0.2, -0.15) is 0 Å². The molecule has 0 aliphatic carbocycles. The predicted octanol–water partition coefficient (Wildman–Crippen LogP) is 1.47. The molecule has 2 saturated heterocycles. The molecule has 3 rings (SSSR count). The van der Waals surface area contributed by atoms with E-state index in [2.05, 4.69) is 4.90 Å². The van der Waals surface area contributed by atoms with Crippen LogP contribution in [0, 0.1) is 0 Å². The Bertz CT molecular complexity index is 511. The Kier molecular flexibility index (Phi) is 4.33. The summed E-state index contributed by atoms with van der Waals surface area (Å²) in [5, 5.41) is 0.426. The Hall–Kier alpha value is -1.30. The van der Waals surface area contributed by atoms with E-state index in [0.29, 0.717) is 22.3 Å². The lowest BCUT2D eigenvalue weighted by atomic mass is 10.1. The number of carbonyl (C=O) groups is 1. The number of rotatable bonds is 2. The summed E-state index contributed by atoms with van der Waals surface area (Å²) >= 11 is 6.13. The summed E-state index contributed by atoms with van der Waals surface area (Å²) in [4.78, 5) is 16.9. The summed E-state index contributed by atoms with van der Waals surface area (Å²) in [6.07, 6.45) is 0.996. The normalized spacial score (nSPS) is 23.5. The molecule has 6 heteroatoms. The Morgan fingerprint density at radius 1 is 1.29 bits per heavy atom. The van der Waals surface area contributed by atoms with Gasteiger partial charge < -0.3 is 15.4 Å². The Labute approximate surface area is 129 Å². The molecule has 0 spiro atoms. The van der Waals surface area contributed by atoms with Crippen LogP contribution in [0.3, 0.4) is 0 Å². The smallest absolute Gasteiger partial charge is 0.257 e. The first-order chi connectivity index (χ1) is 10.2. The van der Waals surface area contributed by atoms with Crippen molar-refractivity contribution in [3.63, 3.8) is 0 Å². The van der Waals surface area contributed by atoms with E-state index in [-0.39, 0.29) is 5.91 Å². The first-order valence-electron chi connectivity index (χ1n) is 7.32. The SMILES string of the molecule is Nc1cccc(Cl)c1C(=O)N1CCC(N2CCOCC2)C1. The zero-order valence-corrected chi connectivity index (χ0v) is 12.7. The van der Waals surface area contributed by atoms with Gasteiger partial charge in [0.2, 0.25) is 0 Å². The molecule has 1 unspecified atom stereocenters. The average molecular weight is 310 g/mol. The zero-order chi connectivity index (χ0) is 14.8. The van der Waals surface area contributed by atoms with Gasteiger partial charge in [-0.05, 0) is 18.6 Å². The summed E-state index contributed by atoms with van der Waals surface area (Å²) in [7, 11) is 0. The minimum atomic E-state index is -0.0612. The molecule has 0 bridgehead atoms. The second kappa shape index (κ2) is 6.22. The fraction of sp³-hybridized carbons (Fsp3) is 0.533. The Balaban J connectivity index is 1.69. The lowest BCUT2D eigenvalue weighted by molar-refractivity contribution is 0.0185. The summed E-state index contributed by atoms with van der Waals surface area (Å²) in [6.45, 7) is 4.95. The number of hydrogen-bond donors (Lipinski definition) is 1. The number of carbonyl (C=O) groups excluding carboxylic acids is 1. The molecular weight excluding hydrogens is 290 g/mol. The third-order valence-corrected chi connectivity index (χ3v) is 4.59. The summed E-state index contributed by atoms with van der Waals surface area (Å²) in [6, 6.07) is 5.60. The maximum atomic E-state index is 12.6. The van der Waals surface area contributed by atoms with E-state index < -0.39 is 0 Å². The molecule has 1 amide bonds. The molecule has 2 N–H and O–H groups in total. The van der Waals surface area contributed by atoms with Crippen molar-refractivity contribution in [3.8, 4) is 0 Å². The molecule has 2 heterocycles. The van der Waals surface area contributed by atoms with Gasteiger partial charge in [-0.3, -0.25) is 9.69 Å². The van der Waals surface area contributed by atoms with E-state index >= 15 is 0 Å². The van der Waals surface area contributed by atoms with Crippen LogP contribution in [0.1, 0.15) is 16.8 Å². The van der Waals surface area contributed by atoms with Gasteiger partial charge in [0.1, 0.15) is 0 Å². The third kappa shape index (κ3) is 3.00. The molecule has 2 aliphatic rings. The summed E-state index contributed by atoms with van der Waals surface area (Å²) in [5.74, 6) is -0.0612. The van der Waals surface area contributed by atoms with Crippen molar-refractivity contribution >= 4 is 23.2 Å². The van der Waals surface area contributed by atoms with E-state index in [1.165, 1.54) is 0 Å². The van der Waals surface area contributed by atoms with Gasteiger partial charge >= 0.3 is 0 Å². The monoisotopic (exact) mass is 309 g/mol. The van der Waals surface area contributed by atoms with Gasteiger partial charge in [0.25, 0.3) is 5.91 Å². The lowest BCUT2D eigenvalue weighted by Crippen LogP contribution is -2.45. The van der Waals surface area contributed by atoms with Gasteiger partial charge in [0.15, 0.2) is 0 Å².